The molecule has 0 fully saturated rings. The topological polar surface area (TPSA) is 21.1 Å². The third kappa shape index (κ3) is 1.96. The lowest BCUT2D eigenvalue weighted by atomic mass is 10.1. The molecule has 3 heterocycles. The van der Waals surface area contributed by atoms with Gasteiger partial charge >= 0.3 is 0 Å². The van der Waals surface area contributed by atoms with E-state index < -0.39 is 0 Å². The molecule has 2 aromatic heterocycles. The maximum atomic E-state index is 4.75. The van der Waals surface area contributed by atoms with Crippen molar-refractivity contribution in [2.45, 2.75) is 26.1 Å². The Bertz CT molecular complexity index is 710. The van der Waals surface area contributed by atoms with E-state index in [-0.39, 0.29) is 0 Å². The SMILES string of the molecule is CC1c2cccn2CCN1Cc1nc2ccccc2s1. The van der Waals surface area contributed by atoms with Crippen LogP contribution in [0.2, 0.25) is 0 Å². The molecule has 20 heavy (non-hydrogen) atoms. The zero-order valence-corrected chi connectivity index (χ0v) is 12.3. The molecule has 3 aromatic rings. The van der Waals surface area contributed by atoms with E-state index in [1.807, 2.05) is 11.3 Å². The van der Waals surface area contributed by atoms with Gasteiger partial charge in [-0.25, -0.2) is 4.98 Å². The molecule has 1 aliphatic rings. The van der Waals surface area contributed by atoms with Gasteiger partial charge in [-0.3, -0.25) is 4.90 Å². The van der Waals surface area contributed by atoms with Gasteiger partial charge in [-0.1, -0.05) is 12.1 Å². The van der Waals surface area contributed by atoms with Crippen molar-refractivity contribution in [2.75, 3.05) is 6.54 Å². The second-order valence-electron chi connectivity index (χ2n) is 5.35. The summed E-state index contributed by atoms with van der Waals surface area (Å²) in [5.41, 5.74) is 2.54. The number of benzene rings is 1. The number of rotatable bonds is 2. The standard InChI is InChI=1S/C16H17N3S/c1-12-14-6-4-8-18(14)9-10-19(12)11-16-17-13-5-2-3-7-15(13)20-16/h2-8,12H,9-11H2,1H3. The molecular weight excluding hydrogens is 266 g/mol. The number of hydrogen-bond donors (Lipinski definition) is 0. The number of fused-ring (bicyclic) bond motifs is 2. The number of aromatic nitrogens is 2. The van der Waals surface area contributed by atoms with Crippen LogP contribution in [0.3, 0.4) is 0 Å². The molecule has 0 N–H and O–H groups in total. The lowest BCUT2D eigenvalue weighted by Gasteiger charge is -2.34. The number of hydrogen-bond acceptors (Lipinski definition) is 3. The van der Waals surface area contributed by atoms with Crippen LogP contribution in [-0.2, 0) is 13.1 Å². The van der Waals surface area contributed by atoms with Crippen LogP contribution in [0, 0.1) is 0 Å². The third-order valence-corrected chi connectivity index (χ3v) is 5.17. The summed E-state index contributed by atoms with van der Waals surface area (Å²) in [4.78, 5) is 7.28. The fourth-order valence-electron chi connectivity index (χ4n) is 3.00. The van der Waals surface area contributed by atoms with Gasteiger partial charge in [0.25, 0.3) is 0 Å². The summed E-state index contributed by atoms with van der Waals surface area (Å²) in [5, 5.41) is 1.22. The van der Waals surface area contributed by atoms with Gasteiger partial charge in [0.1, 0.15) is 5.01 Å². The van der Waals surface area contributed by atoms with Crippen LogP contribution >= 0.6 is 11.3 Å². The fraction of sp³-hybridized carbons (Fsp3) is 0.312. The lowest BCUT2D eigenvalue weighted by molar-refractivity contribution is 0.161. The molecule has 1 unspecified atom stereocenters. The molecule has 0 radical (unpaired) electrons. The van der Waals surface area contributed by atoms with Gasteiger partial charge in [-0.2, -0.15) is 0 Å². The highest BCUT2D eigenvalue weighted by atomic mass is 32.1. The Morgan fingerprint density at radius 2 is 2.10 bits per heavy atom. The molecule has 0 saturated heterocycles. The quantitative estimate of drug-likeness (QED) is 0.715. The maximum Gasteiger partial charge on any atom is 0.108 e. The van der Waals surface area contributed by atoms with Crippen LogP contribution < -0.4 is 0 Å². The molecule has 4 rings (SSSR count). The van der Waals surface area contributed by atoms with Gasteiger partial charge in [-0.05, 0) is 31.2 Å². The van der Waals surface area contributed by atoms with E-state index in [1.54, 1.807) is 0 Å². The molecule has 0 bridgehead atoms. The average Bonchev–Trinajstić information content (AvgIpc) is 3.08. The Hall–Kier alpha value is -1.65. The minimum atomic E-state index is 0.464. The van der Waals surface area contributed by atoms with E-state index in [0.29, 0.717) is 6.04 Å². The summed E-state index contributed by atoms with van der Waals surface area (Å²) in [6.45, 7) is 5.42. The summed E-state index contributed by atoms with van der Waals surface area (Å²) >= 11 is 1.82. The van der Waals surface area contributed by atoms with Crippen LogP contribution in [0.5, 0.6) is 0 Å². The highest BCUT2D eigenvalue weighted by molar-refractivity contribution is 7.18. The smallest absolute Gasteiger partial charge is 0.108 e. The first-order valence-corrected chi connectivity index (χ1v) is 7.86. The summed E-state index contributed by atoms with van der Waals surface area (Å²) in [6, 6.07) is 13.2. The second-order valence-corrected chi connectivity index (χ2v) is 6.46. The van der Waals surface area contributed by atoms with Crippen molar-refractivity contribution in [3.8, 4) is 0 Å². The fourth-order valence-corrected chi connectivity index (χ4v) is 4.00. The first-order chi connectivity index (χ1) is 9.81. The van der Waals surface area contributed by atoms with Crippen LogP contribution in [0.25, 0.3) is 10.2 Å². The molecule has 1 aliphatic heterocycles. The molecular formula is C16H17N3S. The van der Waals surface area contributed by atoms with Crippen molar-refractivity contribution in [3.63, 3.8) is 0 Å². The van der Waals surface area contributed by atoms with Crippen molar-refractivity contribution in [1.29, 1.82) is 0 Å². The molecule has 102 valence electrons. The highest BCUT2D eigenvalue weighted by Crippen LogP contribution is 2.29. The van der Waals surface area contributed by atoms with Gasteiger partial charge < -0.3 is 4.57 Å². The average molecular weight is 283 g/mol. The first kappa shape index (κ1) is 12.1. The zero-order chi connectivity index (χ0) is 13.5. The van der Waals surface area contributed by atoms with Gasteiger partial charge in [0.05, 0.1) is 16.8 Å². The molecule has 0 aliphatic carbocycles. The van der Waals surface area contributed by atoms with E-state index >= 15 is 0 Å². The normalized spacial score (nSPS) is 19.4. The van der Waals surface area contributed by atoms with Crippen molar-refractivity contribution >= 4 is 21.6 Å². The molecule has 0 saturated carbocycles. The summed E-state index contributed by atoms with van der Waals surface area (Å²) in [5.74, 6) is 0. The number of para-hydroxylation sites is 1. The Morgan fingerprint density at radius 3 is 3.00 bits per heavy atom. The third-order valence-electron chi connectivity index (χ3n) is 4.15. The predicted octanol–water partition coefficient (Wildman–Crippen LogP) is 3.67. The first-order valence-electron chi connectivity index (χ1n) is 7.05. The Labute approximate surface area is 122 Å². The van der Waals surface area contributed by atoms with Crippen LogP contribution in [0.15, 0.2) is 42.6 Å². The van der Waals surface area contributed by atoms with Crippen molar-refractivity contribution in [1.82, 2.24) is 14.5 Å². The van der Waals surface area contributed by atoms with E-state index in [4.69, 9.17) is 4.98 Å². The molecule has 0 amide bonds. The van der Waals surface area contributed by atoms with E-state index in [0.717, 1.165) is 25.2 Å². The van der Waals surface area contributed by atoms with Gasteiger partial charge in [0.15, 0.2) is 0 Å². The lowest BCUT2D eigenvalue weighted by Crippen LogP contribution is -2.35. The largest absolute Gasteiger partial charge is 0.349 e. The van der Waals surface area contributed by atoms with E-state index in [1.165, 1.54) is 15.4 Å². The van der Waals surface area contributed by atoms with E-state index in [2.05, 4.69) is 59.0 Å². The van der Waals surface area contributed by atoms with Gasteiger partial charge in [0, 0.05) is 31.0 Å². The Kier molecular flexibility index (Phi) is 2.86. The maximum absolute atomic E-state index is 4.75. The second kappa shape index (κ2) is 4.72. The Morgan fingerprint density at radius 1 is 1.20 bits per heavy atom. The van der Waals surface area contributed by atoms with Gasteiger partial charge in [-0.15, -0.1) is 11.3 Å². The van der Waals surface area contributed by atoms with Gasteiger partial charge in [0.2, 0.25) is 0 Å². The number of thiazole rings is 1. The summed E-state index contributed by atoms with van der Waals surface area (Å²) in [7, 11) is 0. The van der Waals surface area contributed by atoms with Crippen molar-refractivity contribution < 1.29 is 0 Å². The van der Waals surface area contributed by atoms with Crippen LogP contribution in [0.1, 0.15) is 23.7 Å². The highest BCUT2D eigenvalue weighted by Gasteiger charge is 2.24. The molecule has 3 nitrogen and oxygen atoms in total. The minimum absolute atomic E-state index is 0.464. The molecule has 1 aromatic carbocycles. The predicted molar refractivity (Wildman–Crippen MR) is 82.9 cm³/mol. The Balaban J connectivity index is 1.60. The van der Waals surface area contributed by atoms with Crippen LogP contribution in [-0.4, -0.2) is 21.0 Å². The number of nitrogens with zero attached hydrogens (tertiary/aromatic N) is 3. The monoisotopic (exact) mass is 283 g/mol. The van der Waals surface area contributed by atoms with E-state index in [9.17, 15) is 0 Å². The summed E-state index contributed by atoms with van der Waals surface area (Å²) < 4.78 is 3.65. The molecule has 1 atom stereocenters. The minimum Gasteiger partial charge on any atom is -0.349 e. The zero-order valence-electron chi connectivity index (χ0n) is 11.5. The summed E-state index contributed by atoms with van der Waals surface area (Å²) in [6.07, 6.45) is 2.18. The van der Waals surface area contributed by atoms with Crippen molar-refractivity contribution in [3.05, 3.63) is 53.3 Å². The molecule has 0 spiro atoms. The molecule has 4 heteroatoms. The van der Waals surface area contributed by atoms with Crippen molar-refractivity contribution in [2.24, 2.45) is 0 Å². The van der Waals surface area contributed by atoms with Crippen LogP contribution in [0.4, 0.5) is 0 Å².